The first-order valence-electron chi connectivity index (χ1n) is 10.1. The lowest BCUT2D eigenvalue weighted by Gasteiger charge is -2.26. The van der Waals surface area contributed by atoms with Crippen LogP contribution in [0.2, 0.25) is 0 Å². The van der Waals surface area contributed by atoms with Gasteiger partial charge < -0.3 is 10.2 Å². The lowest BCUT2D eigenvalue weighted by molar-refractivity contribution is 0.434. The summed E-state index contributed by atoms with van der Waals surface area (Å²) in [4.78, 5) is 0. The van der Waals surface area contributed by atoms with Gasteiger partial charge in [-0.05, 0) is 45.9 Å². The van der Waals surface area contributed by atoms with Gasteiger partial charge in [0.05, 0.1) is 0 Å². The molecule has 0 unspecified atom stereocenters. The van der Waals surface area contributed by atoms with Crippen LogP contribution >= 0.6 is 0 Å². The van der Waals surface area contributed by atoms with Crippen LogP contribution in [0.3, 0.4) is 0 Å². The maximum atomic E-state index is 11.1. The van der Waals surface area contributed by atoms with Gasteiger partial charge >= 0.3 is 0 Å². The third-order valence-corrected chi connectivity index (χ3v) is 5.49. The summed E-state index contributed by atoms with van der Waals surface area (Å²) in [6.45, 7) is 16.9. The molecule has 148 valence electrons. The molecule has 2 aromatic rings. The Labute approximate surface area is 165 Å². The Morgan fingerprint density at radius 2 is 0.963 bits per heavy atom. The zero-order valence-electron chi connectivity index (χ0n) is 18.3. The van der Waals surface area contributed by atoms with Crippen LogP contribution in [0, 0.1) is 0 Å². The van der Waals surface area contributed by atoms with Gasteiger partial charge in [0.15, 0.2) is 0 Å². The SMILES string of the molecule is CCc1ccc(C(C)(C)C)c(O)c1Cc1c(CC)ccc(C(C)(C)C)c1O. The summed E-state index contributed by atoms with van der Waals surface area (Å²) in [5.74, 6) is 0.758. The van der Waals surface area contributed by atoms with Crippen LogP contribution in [0.5, 0.6) is 11.5 Å². The Morgan fingerprint density at radius 3 is 1.22 bits per heavy atom. The lowest BCUT2D eigenvalue weighted by atomic mass is 9.80. The molecule has 0 spiro atoms. The molecule has 0 bridgehead atoms. The van der Waals surface area contributed by atoms with E-state index in [4.69, 9.17) is 0 Å². The lowest BCUT2D eigenvalue weighted by Crippen LogP contribution is -2.14. The molecule has 0 aliphatic heterocycles. The fourth-order valence-electron chi connectivity index (χ4n) is 3.80. The van der Waals surface area contributed by atoms with Crippen molar-refractivity contribution in [3.63, 3.8) is 0 Å². The van der Waals surface area contributed by atoms with Crippen molar-refractivity contribution in [1.82, 2.24) is 0 Å². The second-order valence-corrected chi connectivity index (χ2v) is 9.58. The van der Waals surface area contributed by atoms with Crippen molar-refractivity contribution < 1.29 is 10.2 Å². The number of hydrogen-bond acceptors (Lipinski definition) is 2. The van der Waals surface area contributed by atoms with Gasteiger partial charge in [0.2, 0.25) is 0 Å². The van der Waals surface area contributed by atoms with Gasteiger partial charge in [-0.3, -0.25) is 0 Å². The van der Waals surface area contributed by atoms with Crippen molar-refractivity contribution in [3.05, 3.63) is 57.6 Å². The van der Waals surface area contributed by atoms with E-state index in [0.29, 0.717) is 17.9 Å². The number of rotatable bonds is 4. The number of phenolic OH excluding ortho intramolecular Hbond substituents is 2. The van der Waals surface area contributed by atoms with Crippen LogP contribution in [-0.4, -0.2) is 10.2 Å². The molecule has 0 heterocycles. The van der Waals surface area contributed by atoms with E-state index in [1.807, 2.05) is 12.1 Å². The van der Waals surface area contributed by atoms with Crippen LogP contribution in [0.25, 0.3) is 0 Å². The minimum Gasteiger partial charge on any atom is -0.507 e. The molecular formula is C25H36O2. The van der Waals surface area contributed by atoms with Crippen LogP contribution in [-0.2, 0) is 30.1 Å². The van der Waals surface area contributed by atoms with E-state index in [9.17, 15) is 10.2 Å². The summed E-state index contributed by atoms with van der Waals surface area (Å²) in [6.07, 6.45) is 2.26. The molecule has 0 saturated carbocycles. The Balaban J connectivity index is 2.70. The normalized spacial score (nSPS) is 12.4. The predicted octanol–water partition coefficient (Wildman–Crippen LogP) is 6.41. The van der Waals surface area contributed by atoms with Crippen molar-refractivity contribution in [2.24, 2.45) is 0 Å². The first-order chi connectivity index (χ1) is 12.4. The Bertz CT molecular complexity index is 748. The Morgan fingerprint density at radius 1 is 0.630 bits per heavy atom. The summed E-state index contributed by atoms with van der Waals surface area (Å²) in [5.41, 5.74) is 5.83. The van der Waals surface area contributed by atoms with E-state index in [1.165, 1.54) is 0 Å². The molecule has 0 fully saturated rings. The quantitative estimate of drug-likeness (QED) is 0.655. The highest BCUT2D eigenvalue weighted by Gasteiger charge is 2.25. The summed E-state index contributed by atoms with van der Waals surface area (Å²) < 4.78 is 0. The number of aryl methyl sites for hydroxylation is 2. The second-order valence-electron chi connectivity index (χ2n) is 9.58. The maximum Gasteiger partial charge on any atom is 0.123 e. The van der Waals surface area contributed by atoms with Crippen LogP contribution in [0.4, 0.5) is 0 Å². The smallest absolute Gasteiger partial charge is 0.123 e. The predicted molar refractivity (Wildman–Crippen MR) is 115 cm³/mol. The van der Waals surface area contributed by atoms with Gasteiger partial charge in [-0.15, -0.1) is 0 Å². The van der Waals surface area contributed by atoms with E-state index in [1.54, 1.807) is 0 Å². The molecule has 2 N–H and O–H groups in total. The van der Waals surface area contributed by atoms with Gasteiger partial charge in [0, 0.05) is 17.5 Å². The molecule has 0 saturated heterocycles. The largest absolute Gasteiger partial charge is 0.507 e. The van der Waals surface area contributed by atoms with Gasteiger partial charge in [-0.1, -0.05) is 79.7 Å². The summed E-state index contributed by atoms with van der Waals surface area (Å²) >= 11 is 0. The number of hydrogen-bond donors (Lipinski definition) is 2. The molecule has 0 radical (unpaired) electrons. The minimum absolute atomic E-state index is 0.131. The van der Waals surface area contributed by atoms with E-state index in [0.717, 1.165) is 46.2 Å². The third kappa shape index (κ3) is 4.31. The molecular weight excluding hydrogens is 332 g/mol. The average Bonchev–Trinajstić information content (AvgIpc) is 2.55. The molecule has 0 aromatic heterocycles. The standard InChI is InChI=1S/C25H36O2/c1-9-16-11-13-20(24(3,4)5)22(26)18(16)15-19-17(10-2)12-14-21(23(19)27)25(6,7)8/h11-14,26-27H,9-10,15H2,1-8H3. The van der Waals surface area contributed by atoms with Gasteiger partial charge in [-0.25, -0.2) is 0 Å². The monoisotopic (exact) mass is 368 g/mol. The molecule has 2 rings (SSSR count). The molecule has 0 atom stereocenters. The topological polar surface area (TPSA) is 40.5 Å². The first kappa shape index (κ1) is 21.3. The van der Waals surface area contributed by atoms with E-state index < -0.39 is 0 Å². The van der Waals surface area contributed by atoms with Crippen molar-refractivity contribution in [1.29, 1.82) is 0 Å². The van der Waals surface area contributed by atoms with Gasteiger partial charge in [0.25, 0.3) is 0 Å². The van der Waals surface area contributed by atoms with Crippen molar-refractivity contribution in [3.8, 4) is 11.5 Å². The van der Waals surface area contributed by atoms with Crippen LogP contribution in [0.15, 0.2) is 24.3 Å². The van der Waals surface area contributed by atoms with E-state index in [2.05, 4.69) is 67.5 Å². The van der Waals surface area contributed by atoms with Gasteiger partial charge in [0.1, 0.15) is 11.5 Å². The molecule has 2 heteroatoms. The Kier molecular flexibility index (Phi) is 5.99. The maximum absolute atomic E-state index is 11.1. The highest BCUT2D eigenvalue weighted by molar-refractivity contribution is 5.55. The molecule has 0 aliphatic rings. The first-order valence-corrected chi connectivity index (χ1v) is 10.1. The highest BCUT2D eigenvalue weighted by atomic mass is 16.3. The van der Waals surface area contributed by atoms with Crippen molar-refractivity contribution in [2.75, 3.05) is 0 Å². The summed E-state index contributed by atoms with van der Waals surface area (Å²) in [5, 5.41) is 22.2. The minimum atomic E-state index is -0.131. The fraction of sp³-hybridized carbons (Fsp3) is 0.520. The molecule has 0 aliphatic carbocycles. The summed E-state index contributed by atoms with van der Waals surface area (Å²) in [6, 6.07) is 8.35. The molecule has 2 aromatic carbocycles. The molecule has 27 heavy (non-hydrogen) atoms. The Hall–Kier alpha value is -1.96. The van der Waals surface area contributed by atoms with Crippen LogP contribution in [0.1, 0.15) is 88.8 Å². The van der Waals surface area contributed by atoms with Crippen LogP contribution < -0.4 is 0 Å². The molecule has 0 amide bonds. The zero-order chi connectivity index (χ0) is 20.6. The van der Waals surface area contributed by atoms with Crippen molar-refractivity contribution >= 4 is 0 Å². The zero-order valence-corrected chi connectivity index (χ0v) is 18.3. The third-order valence-electron chi connectivity index (χ3n) is 5.49. The number of phenols is 2. The second kappa shape index (κ2) is 7.58. The number of aromatic hydroxyl groups is 2. The van der Waals surface area contributed by atoms with E-state index in [-0.39, 0.29) is 10.8 Å². The van der Waals surface area contributed by atoms with E-state index >= 15 is 0 Å². The summed E-state index contributed by atoms with van der Waals surface area (Å²) in [7, 11) is 0. The highest BCUT2D eigenvalue weighted by Crippen LogP contribution is 2.40. The van der Waals surface area contributed by atoms with Crippen molar-refractivity contribution in [2.45, 2.75) is 85.5 Å². The average molecular weight is 369 g/mol. The number of benzene rings is 2. The molecule has 2 nitrogen and oxygen atoms in total. The van der Waals surface area contributed by atoms with Gasteiger partial charge in [-0.2, -0.15) is 0 Å². The fourth-order valence-corrected chi connectivity index (χ4v) is 3.80.